The second kappa shape index (κ2) is 4.83. The van der Waals surface area contributed by atoms with Gasteiger partial charge in [0.1, 0.15) is 0 Å². The van der Waals surface area contributed by atoms with Crippen LogP contribution in [0, 0.1) is 0 Å². The Morgan fingerprint density at radius 3 is 2.17 bits per heavy atom. The maximum atomic E-state index is 8.70. The molecule has 0 saturated heterocycles. The van der Waals surface area contributed by atoms with Crippen LogP contribution in [0.1, 0.15) is 51.4 Å². The van der Waals surface area contributed by atoms with Crippen LogP contribution in [-0.4, -0.2) is 17.3 Å². The Bertz CT molecular complexity index is 117. The maximum Gasteiger partial charge on any atom is 0.0431 e. The molecule has 0 unspecified atom stereocenters. The van der Waals surface area contributed by atoms with Crippen LogP contribution in [0.4, 0.5) is 0 Å². The van der Waals surface area contributed by atoms with Gasteiger partial charge in [0.25, 0.3) is 0 Å². The van der Waals surface area contributed by atoms with Gasteiger partial charge in [0, 0.05) is 12.1 Å². The van der Waals surface area contributed by atoms with E-state index in [4.69, 9.17) is 10.8 Å². The zero-order valence-corrected chi connectivity index (χ0v) is 7.81. The topological polar surface area (TPSA) is 44.0 Å². The monoisotopic (exact) mass is 170 g/mol. The van der Waals surface area contributed by atoms with Crippen LogP contribution in [0.15, 0.2) is 0 Å². The lowest BCUT2D eigenvalue weighted by molar-refractivity contribution is 0.246. The highest BCUT2D eigenvalue weighted by Gasteiger charge is 2.25. The second-order valence-electron chi connectivity index (χ2n) is 4.02. The Balaban J connectivity index is 2.32. The van der Waals surface area contributed by atoms with E-state index in [9.17, 15) is 0 Å². The Kier molecular flexibility index (Phi) is 4.02. The maximum absolute atomic E-state index is 8.70. The molecular formula is C10H20NO. The lowest BCUT2D eigenvalue weighted by Crippen LogP contribution is -2.30. The van der Waals surface area contributed by atoms with Gasteiger partial charge in [-0.25, -0.2) is 0 Å². The molecular weight excluding hydrogens is 150 g/mol. The normalized spacial score (nSPS) is 23.5. The summed E-state index contributed by atoms with van der Waals surface area (Å²) in [5.41, 5.74) is 7.96. The molecule has 0 aromatic rings. The van der Waals surface area contributed by atoms with E-state index in [0.717, 1.165) is 25.7 Å². The van der Waals surface area contributed by atoms with E-state index in [-0.39, 0.29) is 12.1 Å². The van der Waals surface area contributed by atoms with Gasteiger partial charge in [-0.15, -0.1) is 0 Å². The van der Waals surface area contributed by atoms with Crippen molar-refractivity contribution in [1.82, 2.24) is 5.73 Å². The Labute approximate surface area is 75.2 Å². The largest absolute Gasteiger partial charge is 0.396 e. The molecule has 0 amide bonds. The van der Waals surface area contributed by atoms with Gasteiger partial charge in [0.2, 0.25) is 0 Å². The van der Waals surface area contributed by atoms with Crippen LogP contribution in [0.2, 0.25) is 0 Å². The number of hydrogen-bond donors (Lipinski definition) is 1. The first kappa shape index (κ1) is 10.0. The van der Waals surface area contributed by atoms with E-state index in [1.807, 2.05) is 0 Å². The summed E-state index contributed by atoms with van der Waals surface area (Å²) in [6.07, 6.45) is 8.84. The minimum atomic E-state index is -0.195. The number of hydrogen-bond acceptors (Lipinski definition) is 1. The molecule has 1 aliphatic carbocycles. The van der Waals surface area contributed by atoms with Gasteiger partial charge in [-0.3, -0.25) is 5.73 Å². The van der Waals surface area contributed by atoms with Crippen LogP contribution in [0.25, 0.3) is 0 Å². The minimum Gasteiger partial charge on any atom is -0.396 e. The third-order valence-electron chi connectivity index (χ3n) is 2.87. The smallest absolute Gasteiger partial charge is 0.0431 e. The lowest BCUT2D eigenvalue weighted by Gasteiger charge is -2.26. The molecule has 2 heteroatoms. The van der Waals surface area contributed by atoms with Gasteiger partial charge >= 0.3 is 0 Å². The van der Waals surface area contributed by atoms with Crippen LogP contribution >= 0.6 is 0 Å². The molecule has 0 atom stereocenters. The van der Waals surface area contributed by atoms with Crippen LogP contribution in [0.3, 0.4) is 0 Å². The Hall–Kier alpha value is -0.0800. The first-order valence-electron chi connectivity index (χ1n) is 5.13. The number of nitrogens with one attached hydrogen (secondary N) is 1. The molecule has 0 spiro atoms. The fourth-order valence-corrected chi connectivity index (χ4v) is 2.07. The highest BCUT2D eigenvalue weighted by atomic mass is 16.2. The second-order valence-corrected chi connectivity index (χ2v) is 4.02. The standard InChI is InChI=1S/C10H20NO/c11-10(8-5-9-12)6-3-1-2-4-7-10/h11-12H,1-9H2. The summed E-state index contributed by atoms with van der Waals surface area (Å²) >= 11 is 0. The third kappa shape index (κ3) is 3.11. The predicted octanol–water partition coefficient (Wildman–Crippen LogP) is 2.13. The summed E-state index contributed by atoms with van der Waals surface area (Å²) < 4.78 is 0. The zero-order chi connectivity index (χ0) is 8.86. The molecule has 1 aliphatic rings. The Morgan fingerprint density at radius 1 is 1.08 bits per heavy atom. The quantitative estimate of drug-likeness (QED) is 0.648. The van der Waals surface area contributed by atoms with Crippen molar-refractivity contribution in [3.63, 3.8) is 0 Å². The van der Waals surface area contributed by atoms with Crippen LogP contribution in [0.5, 0.6) is 0 Å². The Morgan fingerprint density at radius 2 is 1.67 bits per heavy atom. The van der Waals surface area contributed by atoms with Crippen molar-refractivity contribution >= 4 is 0 Å². The summed E-state index contributed by atoms with van der Waals surface area (Å²) in [5.74, 6) is 0. The molecule has 2 N–H and O–H groups in total. The highest BCUT2D eigenvalue weighted by molar-refractivity contribution is 4.84. The van der Waals surface area contributed by atoms with Crippen molar-refractivity contribution in [2.45, 2.75) is 56.9 Å². The highest BCUT2D eigenvalue weighted by Crippen LogP contribution is 2.29. The van der Waals surface area contributed by atoms with Crippen molar-refractivity contribution in [1.29, 1.82) is 0 Å². The van der Waals surface area contributed by atoms with Gasteiger partial charge in [-0.05, 0) is 25.7 Å². The van der Waals surface area contributed by atoms with E-state index in [0.29, 0.717) is 0 Å². The van der Waals surface area contributed by atoms with E-state index >= 15 is 0 Å². The lowest BCUT2D eigenvalue weighted by atomic mass is 9.87. The van der Waals surface area contributed by atoms with Crippen molar-refractivity contribution in [3.8, 4) is 0 Å². The van der Waals surface area contributed by atoms with Gasteiger partial charge in [-0.2, -0.15) is 0 Å². The summed E-state index contributed by atoms with van der Waals surface area (Å²) in [6, 6.07) is 0. The van der Waals surface area contributed by atoms with E-state index in [1.165, 1.54) is 25.7 Å². The zero-order valence-electron chi connectivity index (χ0n) is 7.81. The summed E-state index contributed by atoms with van der Waals surface area (Å²) in [4.78, 5) is 0. The minimum absolute atomic E-state index is 0.195. The third-order valence-corrected chi connectivity index (χ3v) is 2.87. The molecule has 1 radical (unpaired) electrons. The van der Waals surface area contributed by atoms with Gasteiger partial charge in [0.05, 0.1) is 0 Å². The van der Waals surface area contributed by atoms with Crippen molar-refractivity contribution < 1.29 is 5.11 Å². The molecule has 1 fully saturated rings. The van der Waals surface area contributed by atoms with Crippen molar-refractivity contribution in [3.05, 3.63) is 0 Å². The number of rotatable bonds is 3. The first-order chi connectivity index (χ1) is 5.77. The molecule has 0 heterocycles. The fourth-order valence-electron chi connectivity index (χ4n) is 2.07. The van der Waals surface area contributed by atoms with Gasteiger partial charge in [0.15, 0.2) is 0 Å². The van der Waals surface area contributed by atoms with Gasteiger partial charge < -0.3 is 5.11 Å². The summed E-state index contributed by atoms with van der Waals surface area (Å²) in [6.45, 7) is 0.251. The molecule has 0 aromatic carbocycles. The number of aliphatic hydroxyl groups excluding tert-OH is 1. The van der Waals surface area contributed by atoms with E-state index in [2.05, 4.69) is 0 Å². The average molecular weight is 170 g/mol. The van der Waals surface area contributed by atoms with Gasteiger partial charge in [-0.1, -0.05) is 25.7 Å². The molecule has 71 valence electrons. The molecule has 0 aliphatic heterocycles. The molecule has 12 heavy (non-hydrogen) atoms. The van der Waals surface area contributed by atoms with E-state index < -0.39 is 0 Å². The van der Waals surface area contributed by atoms with E-state index in [1.54, 1.807) is 0 Å². The average Bonchev–Trinajstić information content (AvgIpc) is 2.27. The first-order valence-corrected chi connectivity index (χ1v) is 5.13. The predicted molar refractivity (Wildman–Crippen MR) is 49.8 cm³/mol. The van der Waals surface area contributed by atoms with Crippen LogP contribution < -0.4 is 5.73 Å². The molecule has 2 nitrogen and oxygen atoms in total. The molecule has 1 saturated carbocycles. The number of aliphatic hydroxyl groups is 1. The molecule has 0 bridgehead atoms. The summed E-state index contributed by atoms with van der Waals surface area (Å²) in [5, 5.41) is 8.70. The molecule has 1 rings (SSSR count). The van der Waals surface area contributed by atoms with Crippen molar-refractivity contribution in [2.75, 3.05) is 6.61 Å². The van der Waals surface area contributed by atoms with Crippen LogP contribution in [-0.2, 0) is 0 Å². The fraction of sp³-hybridized carbons (Fsp3) is 1.00. The summed E-state index contributed by atoms with van der Waals surface area (Å²) in [7, 11) is 0. The molecule has 0 aromatic heterocycles. The van der Waals surface area contributed by atoms with Crippen molar-refractivity contribution in [2.24, 2.45) is 0 Å². The SMILES string of the molecule is [NH]C1(CCCO)CCCCCC1.